The molecule has 1 amide bonds. The van der Waals surface area contributed by atoms with Gasteiger partial charge in [0.05, 0.1) is 0 Å². The van der Waals surface area contributed by atoms with Crippen LogP contribution in [0.2, 0.25) is 0 Å². The number of hydrogen-bond acceptors (Lipinski definition) is 3. The summed E-state index contributed by atoms with van der Waals surface area (Å²) < 4.78 is 1.47. The molecule has 1 unspecified atom stereocenters. The maximum absolute atomic E-state index is 11.7. The normalized spacial score (nSPS) is 13.2. The summed E-state index contributed by atoms with van der Waals surface area (Å²) in [5, 5.41) is 15.2. The Morgan fingerprint density at radius 1 is 1.50 bits per heavy atom. The highest BCUT2D eigenvalue weighted by Crippen LogP contribution is 2.08. The van der Waals surface area contributed by atoms with Crippen LogP contribution < -0.4 is 5.32 Å². The highest BCUT2D eigenvalue weighted by molar-refractivity contribution is 5.87. The third-order valence-corrected chi connectivity index (χ3v) is 2.27. The lowest BCUT2D eigenvalue weighted by atomic mass is 10.1. The Kier molecular flexibility index (Phi) is 3.31. The Morgan fingerprint density at radius 2 is 2.12 bits per heavy atom. The first-order valence-electron chi connectivity index (χ1n) is 4.89. The van der Waals surface area contributed by atoms with E-state index in [1.165, 1.54) is 18.5 Å². The molecule has 0 saturated heterocycles. The molecule has 0 saturated carbocycles. The standard InChI is InChI=1S/C10H15N3O3/c1-7(13-6-4-5-11-13)8(14)12-10(2,3)9(15)16/h4-7H,1-3H3,(H,12,14)(H,15,16). The summed E-state index contributed by atoms with van der Waals surface area (Å²) in [7, 11) is 0. The molecular weight excluding hydrogens is 210 g/mol. The van der Waals surface area contributed by atoms with Crippen LogP contribution in [0.25, 0.3) is 0 Å². The molecule has 1 atom stereocenters. The topological polar surface area (TPSA) is 84.2 Å². The highest BCUT2D eigenvalue weighted by atomic mass is 16.4. The molecule has 0 aliphatic carbocycles. The summed E-state index contributed by atoms with van der Waals surface area (Å²) in [6.07, 6.45) is 3.21. The van der Waals surface area contributed by atoms with Gasteiger partial charge in [-0.1, -0.05) is 0 Å². The summed E-state index contributed by atoms with van der Waals surface area (Å²) >= 11 is 0. The lowest BCUT2D eigenvalue weighted by Crippen LogP contribution is -2.51. The van der Waals surface area contributed by atoms with Crippen molar-refractivity contribution in [1.29, 1.82) is 0 Å². The average Bonchev–Trinajstić information content (AvgIpc) is 2.68. The minimum absolute atomic E-state index is 0.379. The van der Waals surface area contributed by atoms with Crippen molar-refractivity contribution >= 4 is 11.9 Å². The SMILES string of the molecule is CC(C(=O)NC(C)(C)C(=O)O)n1cccn1. The summed E-state index contributed by atoms with van der Waals surface area (Å²) in [5.41, 5.74) is -1.28. The first kappa shape index (κ1) is 12.2. The Hall–Kier alpha value is -1.85. The quantitative estimate of drug-likeness (QED) is 0.778. The molecule has 0 aliphatic rings. The number of nitrogens with one attached hydrogen (secondary N) is 1. The minimum atomic E-state index is -1.28. The molecule has 1 rings (SSSR count). The van der Waals surface area contributed by atoms with Crippen LogP contribution in [0.15, 0.2) is 18.5 Å². The summed E-state index contributed by atoms with van der Waals surface area (Å²) in [6.45, 7) is 4.52. The Morgan fingerprint density at radius 3 is 2.56 bits per heavy atom. The molecule has 88 valence electrons. The van der Waals surface area contributed by atoms with Crippen LogP contribution in [0.5, 0.6) is 0 Å². The number of nitrogens with zero attached hydrogens (tertiary/aromatic N) is 2. The summed E-state index contributed by atoms with van der Waals surface area (Å²) in [5.74, 6) is -1.45. The summed E-state index contributed by atoms with van der Waals surface area (Å²) in [4.78, 5) is 22.6. The molecule has 1 aromatic heterocycles. The number of amides is 1. The van der Waals surface area contributed by atoms with Gasteiger partial charge in [0.25, 0.3) is 0 Å². The largest absolute Gasteiger partial charge is 0.480 e. The van der Waals surface area contributed by atoms with Gasteiger partial charge in [0.2, 0.25) is 5.91 Å². The number of aromatic nitrogens is 2. The van der Waals surface area contributed by atoms with E-state index in [4.69, 9.17) is 5.11 Å². The number of carboxylic acid groups (broad SMARTS) is 1. The van der Waals surface area contributed by atoms with Crippen LogP contribution >= 0.6 is 0 Å². The number of carbonyl (C=O) groups excluding carboxylic acids is 1. The zero-order valence-corrected chi connectivity index (χ0v) is 9.47. The maximum atomic E-state index is 11.7. The fourth-order valence-electron chi connectivity index (χ4n) is 1.10. The molecular formula is C10H15N3O3. The zero-order chi connectivity index (χ0) is 12.3. The van der Waals surface area contributed by atoms with Gasteiger partial charge in [-0.05, 0) is 26.8 Å². The average molecular weight is 225 g/mol. The molecule has 0 fully saturated rings. The molecule has 0 radical (unpaired) electrons. The Labute approximate surface area is 93.3 Å². The second-order valence-electron chi connectivity index (χ2n) is 4.08. The van der Waals surface area contributed by atoms with Gasteiger partial charge in [-0.15, -0.1) is 0 Å². The molecule has 1 heterocycles. The zero-order valence-electron chi connectivity index (χ0n) is 9.47. The number of aliphatic carboxylic acids is 1. The molecule has 0 aromatic carbocycles. The molecule has 0 aliphatic heterocycles. The molecule has 6 heteroatoms. The second kappa shape index (κ2) is 4.34. The first-order chi connectivity index (χ1) is 7.34. The first-order valence-corrected chi connectivity index (χ1v) is 4.89. The molecule has 1 aromatic rings. The van der Waals surface area contributed by atoms with E-state index >= 15 is 0 Å². The Balaban J connectivity index is 2.70. The van der Waals surface area contributed by atoms with E-state index in [0.29, 0.717) is 0 Å². The predicted octanol–water partition coefficient (Wildman–Crippen LogP) is 0.423. The van der Waals surface area contributed by atoms with E-state index in [0.717, 1.165) is 0 Å². The van der Waals surface area contributed by atoms with Crippen LogP contribution in [0.4, 0.5) is 0 Å². The van der Waals surface area contributed by atoms with Crippen molar-refractivity contribution in [3.05, 3.63) is 18.5 Å². The van der Waals surface area contributed by atoms with Crippen molar-refractivity contribution in [2.75, 3.05) is 0 Å². The van der Waals surface area contributed by atoms with Crippen LogP contribution in [-0.4, -0.2) is 32.3 Å². The molecule has 0 bridgehead atoms. The fraction of sp³-hybridized carbons (Fsp3) is 0.500. The van der Waals surface area contributed by atoms with E-state index in [9.17, 15) is 9.59 Å². The van der Waals surface area contributed by atoms with Gasteiger partial charge in [-0.3, -0.25) is 9.48 Å². The molecule has 6 nitrogen and oxygen atoms in total. The van der Waals surface area contributed by atoms with E-state index in [-0.39, 0.29) is 5.91 Å². The fourth-order valence-corrected chi connectivity index (χ4v) is 1.10. The van der Waals surface area contributed by atoms with Crippen molar-refractivity contribution in [1.82, 2.24) is 15.1 Å². The predicted molar refractivity (Wildman–Crippen MR) is 56.8 cm³/mol. The van der Waals surface area contributed by atoms with E-state index in [1.807, 2.05) is 0 Å². The number of rotatable bonds is 4. The van der Waals surface area contributed by atoms with Gasteiger partial charge in [-0.25, -0.2) is 4.79 Å². The third-order valence-electron chi connectivity index (χ3n) is 2.27. The molecule has 16 heavy (non-hydrogen) atoms. The van der Waals surface area contributed by atoms with Crippen LogP contribution in [-0.2, 0) is 9.59 Å². The van der Waals surface area contributed by atoms with Crippen LogP contribution in [0.3, 0.4) is 0 Å². The van der Waals surface area contributed by atoms with Crippen LogP contribution in [0.1, 0.15) is 26.8 Å². The van der Waals surface area contributed by atoms with Gasteiger partial charge >= 0.3 is 5.97 Å². The van der Waals surface area contributed by atoms with Gasteiger partial charge in [0.15, 0.2) is 0 Å². The van der Waals surface area contributed by atoms with Gasteiger partial charge in [0, 0.05) is 12.4 Å². The van der Waals surface area contributed by atoms with Crippen molar-refractivity contribution in [2.24, 2.45) is 0 Å². The van der Waals surface area contributed by atoms with Crippen molar-refractivity contribution < 1.29 is 14.7 Å². The lowest BCUT2D eigenvalue weighted by molar-refractivity contribution is -0.146. The third kappa shape index (κ3) is 2.59. The van der Waals surface area contributed by atoms with Crippen molar-refractivity contribution in [2.45, 2.75) is 32.4 Å². The van der Waals surface area contributed by atoms with Crippen LogP contribution in [0, 0.1) is 0 Å². The smallest absolute Gasteiger partial charge is 0.328 e. The van der Waals surface area contributed by atoms with E-state index < -0.39 is 17.6 Å². The van der Waals surface area contributed by atoms with Gasteiger partial charge < -0.3 is 10.4 Å². The minimum Gasteiger partial charge on any atom is -0.480 e. The number of carboxylic acids is 1. The van der Waals surface area contributed by atoms with Crippen molar-refractivity contribution in [3.8, 4) is 0 Å². The van der Waals surface area contributed by atoms with Gasteiger partial charge in [0.1, 0.15) is 11.6 Å². The lowest BCUT2D eigenvalue weighted by Gasteiger charge is -2.23. The maximum Gasteiger partial charge on any atom is 0.328 e. The Bertz CT molecular complexity index is 384. The highest BCUT2D eigenvalue weighted by Gasteiger charge is 2.31. The summed E-state index contributed by atoms with van der Waals surface area (Å²) in [6, 6.07) is 1.17. The van der Waals surface area contributed by atoms with E-state index in [2.05, 4.69) is 10.4 Å². The molecule has 0 spiro atoms. The second-order valence-corrected chi connectivity index (χ2v) is 4.08. The number of hydrogen-bond donors (Lipinski definition) is 2. The van der Waals surface area contributed by atoms with Gasteiger partial charge in [-0.2, -0.15) is 5.10 Å². The number of carbonyl (C=O) groups is 2. The van der Waals surface area contributed by atoms with E-state index in [1.54, 1.807) is 25.4 Å². The monoisotopic (exact) mass is 225 g/mol. The van der Waals surface area contributed by atoms with Crippen molar-refractivity contribution in [3.63, 3.8) is 0 Å². The molecule has 2 N–H and O–H groups in total.